The van der Waals surface area contributed by atoms with Crippen molar-refractivity contribution in [3.05, 3.63) is 89.3 Å². The smallest absolute Gasteiger partial charge is 0.225 e. The molecule has 1 N–H and O–H groups in total. The second-order valence-electron chi connectivity index (χ2n) is 7.25. The van der Waals surface area contributed by atoms with Crippen molar-refractivity contribution in [3.8, 4) is 0 Å². The third kappa shape index (κ3) is 4.74. The molecule has 5 nitrogen and oxygen atoms in total. The number of amides is 1. The minimum absolute atomic E-state index is 0.0504. The van der Waals surface area contributed by atoms with Gasteiger partial charge in [0.15, 0.2) is 0 Å². The van der Waals surface area contributed by atoms with Gasteiger partial charge in [0.1, 0.15) is 5.82 Å². The fourth-order valence-electron chi connectivity index (χ4n) is 3.76. The van der Waals surface area contributed by atoms with E-state index in [2.05, 4.69) is 20.2 Å². The van der Waals surface area contributed by atoms with Gasteiger partial charge in [-0.1, -0.05) is 35.9 Å². The van der Waals surface area contributed by atoms with E-state index >= 15 is 0 Å². The van der Waals surface area contributed by atoms with Crippen molar-refractivity contribution in [2.24, 2.45) is 5.92 Å². The Morgan fingerprint density at radius 2 is 1.93 bits per heavy atom. The van der Waals surface area contributed by atoms with Gasteiger partial charge in [-0.25, -0.2) is 4.98 Å². The van der Waals surface area contributed by atoms with Gasteiger partial charge < -0.3 is 10.2 Å². The van der Waals surface area contributed by atoms with Gasteiger partial charge in [-0.15, -0.1) is 0 Å². The van der Waals surface area contributed by atoms with E-state index in [9.17, 15) is 4.79 Å². The lowest BCUT2D eigenvalue weighted by Gasteiger charge is -2.33. The molecule has 0 radical (unpaired) electrons. The highest BCUT2D eigenvalue weighted by molar-refractivity contribution is 6.30. The quantitative estimate of drug-likeness (QED) is 0.688. The van der Waals surface area contributed by atoms with Crippen molar-refractivity contribution in [1.29, 1.82) is 0 Å². The van der Waals surface area contributed by atoms with Crippen LogP contribution in [0.15, 0.2) is 73.2 Å². The zero-order valence-corrected chi connectivity index (χ0v) is 16.8. The number of hydrogen-bond acceptors (Lipinski definition) is 4. The topological polar surface area (TPSA) is 58.1 Å². The van der Waals surface area contributed by atoms with Gasteiger partial charge in [-0.3, -0.25) is 9.78 Å². The number of hydrogen-bond donors (Lipinski definition) is 1. The number of carbonyl (C=O) groups excluding carboxylic acids is 1. The molecule has 1 fully saturated rings. The molecule has 0 spiro atoms. The molecule has 1 aliphatic rings. The van der Waals surface area contributed by atoms with Gasteiger partial charge in [0.25, 0.3) is 0 Å². The predicted molar refractivity (Wildman–Crippen MR) is 115 cm³/mol. The standard InChI is InChI=1S/C23H23ClN4O/c24-20-10-8-17(9-11-20)22(18-5-3-12-25-15-18)27-23(29)19-6-4-14-28(16-19)21-7-1-2-13-26-21/h1-3,5,7-13,15,19,22H,4,6,14,16H2,(H,27,29)/t19-,22+/m0/s1. The molecule has 2 atom stereocenters. The van der Waals surface area contributed by atoms with Crippen molar-refractivity contribution >= 4 is 23.3 Å². The van der Waals surface area contributed by atoms with E-state index in [1.807, 2.05) is 54.6 Å². The van der Waals surface area contributed by atoms with Crippen LogP contribution in [0.25, 0.3) is 0 Å². The molecule has 2 aromatic heterocycles. The van der Waals surface area contributed by atoms with Crippen LogP contribution in [0.2, 0.25) is 5.02 Å². The summed E-state index contributed by atoms with van der Waals surface area (Å²) in [5, 5.41) is 3.91. The van der Waals surface area contributed by atoms with Gasteiger partial charge in [-0.2, -0.15) is 0 Å². The number of carbonyl (C=O) groups is 1. The van der Waals surface area contributed by atoms with Gasteiger partial charge in [0.2, 0.25) is 5.91 Å². The molecular formula is C23H23ClN4O. The largest absolute Gasteiger partial charge is 0.356 e. The summed E-state index contributed by atoms with van der Waals surface area (Å²) in [5.41, 5.74) is 1.92. The van der Waals surface area contributed by atoms with E-state index in [-0.39, 0.29) is 17.9 Å². The third-order valence-corrected chi connectivity index (χ3v) is 5.53. The van der Waals surface area contributed by atoms with Crippen molar-refractivity contribution in [3.63, 3.8) is 0 Å². The van der Waals surface area contributed by atoms with Crippen LogP contribution < -0.4 is 10.2 Å². The summed E-state index contributed by atoms with van der Waals surface area (Å²) in [6.45, 7) is 1.59. The molecule has 6 heteroatoms. The molecule has 0 saturated carbocycles. The Bertz CT molecular complexity index is 934. The second-order valence-corrected chi connectivity index (χ2v) is 7.69. The Labute approximate surface area is 175 Å². The van der Waals surface area contributed by atoms with Crippen LogP contribution in [0, 0.1) is 5.92 Å². The molecule has 0 unspecified atom stereocenters. The number of rotatable bonds is 5. The van der Waals surface area contributed by atoms with Gasteiger partial charge in [-0.05, 0) is 54.3 Å². The number of anilines is 1. The van der Waals surface area contributed by atoms with Crippen molar-refractivity contribution in [2.45, 2.75) is 18.9 Å². The molecule has 148 valence electrons. The van der Waals surface area contributed by atoms with E-state index in [1.165, 1.54) is 0 Å². The summed E-state index contributed by atoms with van der Waals surface area (Å²) in [6.07, 6.45) is 7.15. The molecule has 0 bridgehead atoms. The Morgan fingerprint density at radius 3 is 2.66 bits per heavy atom. The zero-order chi connectivity index (χ0) is 20.1. The fourth-order valence-corrected chi connectivity index (χ4v) is 3.89. The lowest BCUT2D eigenvalue weighted by atomic mass is 9.94. The summed E-state index contributed by atoms with van der Waals surface area (Å²) in [4.78, 5) is 24.0. The minimum Gasteiger partial charge on any atom is -0.356 e. The van der Waals surface area contributed by atoms with Crippen LogP contribution in [0.5, 0.6) is 0 Å². The van der Waals surface area contributed by atoms with Gasteiger partial charge >= 0.3 is 0 Å². The summed E-state index contributed by atoms with van der Waals surface area (Å²) < 4.78 is 0. The first-order valence-electron chi connectivity index (χ1n) is 9.82. The molecule has 3 aromatic rings. The molecular weight excluding hydrogens is 384 g/mol. The van der Waals surface area contributed by atoms with Crippen LogP contribution in [0.4, 0.5) is 5.82 Å². The lowest BCUT2D eigenvalue weighted by Crippen LogP contribution is -2.44. The minimum atomic E-state index is -0.265. The zero-order valence-electron chi connectivity index (χ0n) is 16.0. The molecule has 1 saturated heterocycles. The fraction of sp³-hybridized carbons (Fsp3) is 0.261. The molecule has 4 rings (SSSR count). The Morgan fingerprint density at radius 1 is 1.07 bits per heavy atom. The van der Waals surface area contributed by atoms with E-state index < -0.39 is 0 Å². The Kier molecular flexibility index (Phi) is 6.06. The number of piperidine rings is 1. The van der Waals surface area contributed by atoms with Crippen LogP contribution in [-0.2, 0) is 4.79 Å². The SMILES string of the molecule is O=C(N[C@H](c1ccc(Cl)cc1)c1cccnc1)[C@H]1CCCN(c2ccccn2)C1. The average Bonchev–Trinajstić information content (AvgIpc) is 2.79. The van der Waals surface area contributed by atoms with Gasteiger partial charge in [0.05, 0.1) is 12.0 Å². The van der Waals surface area contributed by atoms with Crippen LogP contribution in [0.1, 0.15) is 30.0 Å². The maximum absolute atomic E-state index is 13.2. The predicted octanol–water partition coefficient (Wildman–Crippen LogP) is 4.25. The first kappa shape index (κ1) is 19.4. The lowest BCUT2D eigenvalue weighted by molar-refractivity contribution is -0.125. The first-order chi connectivity index (χ1) is 14.2. The second kappa shape index (κ2) is 9.05. The maximum atomic E-state index is 13.2. The van der Waals surface area contributed by atoms with Crippen LogP contribution in [0.3, 0.4) is 0 Å². The summed E-state index contributed by atoms with van der Waals surface area (Å²) >= 11 is 6.05. The molecule has 1 amide bonds. The first-order valence-corrected chi connectivity index (χ1v) is 10.2. The molecule has 3 heterocycles. The number of nitrogens with zero attached hydrogens (tertiary/aromatic N) is 3. The summed E-state index contributed by atoms with van der Waals surface area (Å²) in [5.74, 6) is 0.887. The molecule has 1 aromatic carbocycles. The highest BCUT2D eigenvalue weighted by atomic mass is 35.5. The number of benzene rings is 1. The van der Waals surface area contributed by atoms with Crippen LogP contribution >= 0.6 is 11.6 Å². The van der Waals surface area contributed by atoms with E-state index in [4.69, 9.17) is 11.6 Å². The highest BCUT2D eigenvalue weighted by Gasteiger charge is 2.28. The van der Waals surface area contributed by atoms with E-state index in [0.29, 0.717) is 11.6 Å². The average molecular weight is 407 g/mol. The number of aromatic nitrogens is 2. The monoisotopic (exact) mass is 406 g/mol. The number of halogens is 1. The summed E-state index contributed by atoms with van der Waals surface area (Å²) in [7, 11) is 0. The maximum Gasteiger partial charge on any atom is 0.225 e. The molecule has 29 heavy (non-hydrogen) atoms. The number of nitrogens with one attached hydrogen (secondary N) is 1. The Hall–Kier alpha value is -2.92. The highest BCUT2D eigenvalue weighted by Crippen LogP contribution is 2.26. The van der Waals surface area contributed by atoms with Crippen molar-refractivity contribution < 1.29 is 4.79 Å². The normalized spacial score (nSPS) is 17.6. The Balaban J connectivity index is 1.52. The van der Waals surface area contributed by atoms with Crippen LogP contribution in [-0.4, -0.2) is 29.0 Å². The van der Waals surface area contributed by atoms with E-state index in [1.54, 1.807) is 18.6 Å². The molecule has 1 aliphatic heterocycles. The third-order valence-electron chi connectivity index (χ3n) is 5.27. The van der Waals surface area contributed by atoms with Gasteiger partial charge in [0, 0.05) is 36.7 Å². The van der Waals surface area contributed by atoms with Crippen molar-refractivity contribution in [1.82, 2.24) is 15.3 Å². The number of pyridine rings is 2. The van der Waals surface area contributed by atoms with Crippen molar-refractivity contribution in [2.75, 3.05) is 18.0 Å². The summed E-state index contributed by atoms with van der Waals surface area (Å²) in [6, 6.07) is 17.0. The molecule has 0 aliphatic carbocycles. The van der Waals surface area contributed by atoms with E-state index in [0.717, 1.165) is 36.3 Å².